The third kappa shape index (κ3) is 7.34. The van der Waals surface area contributed by atoms with Crippen LogP contribution in [0.1, 0.15) is 28.1 Å². The second-order valence-corrected chi connectivity index (χ2v) is 8.68. The number of rotatable bonds is 10. The number of ether oxygens (including phenoxy) is 2. The summed E-state index contributed by atoms with van der Waals surface area (Å²) in [6, 6.07) is 11.9. The highest BCUT2D eigenvalue weighted by Gasteiger charge is 2.18. The van der Waals surface area contributed by atoms with Gasteiger partial charge in [-0.2, -0.15) is 0 Å². The molecule has 168 valence electrons. The summed E-state index contributed by atoms with van der Waals surface area (Å²) >= 11 is 1.37. The normalized spacial score (nSPS) is 14.4. The van der Waals surface area contributed by atoms with Gasteiger partial charge in [0.1, 0.15) is 12.4 Å². The maximum absolute atomic E-state index is 12.2. The van der Waals surface area contributed by atoms with E-state index in [0.29, 0.717) is 24.1 Å². The Morgan fingerprint density at radius 2 is 2.00 bits per heavy atom. The van der Waals surface area contributed by atoms with Crippen molar-refractivity contribution >= 4 is 23.2 Å². The summed E-state index contributed by atoms with van der Waals surface area (Å²) < 4.78 is 11.3. The van der Waals surface area contributed by atoms with Crippen LogP contribution in [0.25, 0.3) is 0 Å². The summed E-state index contributed by atoms with van der Waals surface area (Å²) in [5, 5.41) is 4.72. The molecule has 3 rings (SSSR count). The average Bonchev–Trinajstić information content (AvgIpc) is 3.33. The van der Waals surface area contributed by atoms with E-state index in [1.165, 1.54) is 16.2 Å². The fourth-order valence-electron chi connectivity index (χ4n) is 3.49. The topological polar surface area (TPSA) is 71.1 Å². The van der Waals surface area contributed by atoms with E-state index in [4.69, 9.17) is 9.47 Å². The van der Waals surface area contributed by atoms with Gasteiger partial charge in [0.15, 0.2) is 0 Å². The predicted octanol–water partition coefficient (Wildman–Crippen LogP) is 2.63. The molecule has 1 saturated heterocycles. The first-order valence-electron chi connectivity index (χ1n) is 10.6. The lowest BCUT2D eigenvalue weighted by Gasteiger charge is -2.31. The number of thiophene rings is 1. The summed E-state index contributed by atoms with van der Waals surface area (Å²) in [4.78, 5) is 28.9. The largest absolute Gasteiger partial charge is 0.492 e. The minimum atomic E-state index is -0.197. The molecule has 0 atom stereocenters. The number of amides is 2. The molecule has 7 nitrogen and oxygen atoms in total. The zero-order valence-corrected chi connectivity index (χ0v) is 19.0. The maximum Gasteiger partial charge on any atom is 0.264 e. The zero-order chi connectivity index (χ0) is 22.1. The predicted molar refractivity (Wildman–Crippen MR) is 122 cm³/mol. The first kappa shape index (κ1) is 23.2. The molecule has 1 fully saturated rings. The van der Waals surface area contributed by atoms with Gasteiger partial charge in [-0.05, 0) is 49.0 Å². The zero-order valence-electron chi connectivity index (χ0n) is 18.2. The Labute approximate surface area is 187 Å². The fraction of sp³-hybridized carbons (Fsp3) is 0.478. The Kier molecular flexibility index (Phi) is 8.87. The van der Waals surface area contributed by atoms with E-state index >= 15 is 0 Å². The second-order valence-electron chi connectivity index (χ2n) is 7.74. The van der Waals surface area contributed by atoms with Crippen LogP contribution in [0.5, 0.6) is 5.75 Å². The van der Waals surface area contributed by atoms with Crippen LogP contribution in [0.2, 0.25) is 0 Å². The van der Waals surface area contributed by atoms with E-state index in [-0.39, 0.29) is 18.4 Å². The van der Waals surface area contributed by atoms with E-state index in [1.54, 1.807) is 13.1 Å². The Morgan fingerprint density at radius 3 is 2.74 bits per heavy atom. The Morgan fingerprint density at radius 1 is 1.19 bits per heavy atom. The molecule has 0 bridgehead atoms. The van der Waals surface area contributed by atoms with Gasteiger partial charge in [0.05, 0.1) is 11.4 Å². The summed E-state index contributed by atoms with van der Waals surface area (Å²) in [7, 11) is 3.76. The Bertz CT molecular complexity index is 837. The van der Waals surface area contributed by atoms with Crippen molar-refractivity contribution in [3.8, 4) is 5.75 Å². The third-order valence-corrected chi connectivity index (χ3v) is 6.23. The molecule has 1 N–H and O–H groups in total. The minimum absolute atomic E-state index is 0.0193. The van der Waals surface area contributed by atoms with Gasteiger partial charge in [-0.25, -0.2) is 0 Å². The van der Waals surface area contributed by atoms with Crippen molar-refractivity contribution in [2.75, 3.05) is 47.0 Å². The molecule has 0 radical (unpaired) electrons. The molecule has 8 heteroatoms. The quantitative estimate of drug-likeness (QED) is 0.609. The van der Waals surface area contributed by atoms with E-state index in [1.807, 2.05) is 35.7 Å². The van der Waals surface area contributed by atoms with Crippen molar-refractivity contribution in [2.45, 2.75) is 25.4 Å². The van der Waals surface area contributed by atoms with Gasteiger partial charge in [0.25, 0.3) is 5.91 Å². The van der Waals surface area contributed by atoms with Crippen LogP contribution in [-0.2, 0) is 16.1 Å². The summed E-state index contributed by atoms with van der Waals surface area (Å²) in [6.07, 6.45) is 2.14. The molecule has 1 aromatic carbocycles. The number of carbonyl (C=O) groups excluding carboxylic acids is 2. The smallest absolute Gasteiger partial charge is 0.264 e. The first-order chi connectivity index (χ1) is 15.0. The van der Waals surface area contributed by atoms with Crippen molar-refractivity contribution in [3.05, 3.63) is 52.2 Å². The highest BCUT2D eigenvalue weighted by atomic mass is 32.1. The standard InChI is InChI=1S/C23H31N3O4S/c1-25(19-8-11-29-12-9-19)10-13-30-20-6-3-5-18(15-20)16-24-22(27)17-26(2)23(28)21-7-4-14-31-21/h3-7,14-15,19H,8-13,16-17H2,1-2H3,(H,24,27). The lowest BCUT2D eigenvalue weighted by molar-refractivity contribution is -0.121. The summed E-state index contributed by atoms with van der Waals surface area (Å²) in [5.41, 5.74) is 0.955. The van der Waals surface area contributed by atoms with Gasteiger partial charge in [-0.3, -0.25) is 14.5 Å². The third-order valence-electron chi connectivity index (χ3n) is 5.37. The van der Waals surface area contributed by atoms with Crippen LogP contribution < -0.4 is 10.1 Å². The van der Waals surface area contributed by atoms with Crippen molar-refractivity contribution < 1.29 is 19.1 Å². The molecular weight excluding hydrogens is 414 g/mol. The molecule has 1 aromatic heterocycles. The molecule has 0 unspecified atom stereocenters. The second kappa shape index (κ2) is 11.8. The van der Waals surface area contributed by atoms with Crippen LogP contribution in [0.15, 0.2) is 41.8 Å². The molecule has 1 aliphatic heterocycles. The molecule has 0 spiro atoms. The van der Waals surface area contributed by atoms with E-state index in [9.17, 15) is 9.59 Å². The van der Waals surface area contributed by atoms with Crippen LogP contribution >= 0.6 is 11.3 Å². The summed E-state index contributed by atoms with van der Waals surface area (Å²) in [6.45, 7) is 3.54. The van der Waals surface area contributed by atoms with Gasteiger partial charge in [-0.15, -0.1) is 11.3 Å². The number of hydrogen-bond acceptors (Lipinski definition) is 6. The van der Waals surface area contributed by atoms with Crippen molar-refractivity contribution in [3.63, 3.8) is 0 Å². The van der Waals surface area contributed by atoms with Crippen LogP contribution in [-0.4, -0.2) is 74.7 Å². The minimum Gasteiger partial charge on any atom is -0.492 e. The van der Waals surface area contributed by atoms with E-state index in [0.717, 1.165) is 43.9 Å². The van der Waals surface area contributed by atoms with Gasteiger partial charge in [-0.1, -0.05) is 18.2 Å². The van der Waals surface area contributed by atoms with Crippen LogP contribution in [0.3, 0.4) is 0 Å². The van der Waals surface area contributed by atoms with E-state index < -0.39 is 0 Å². The number of nitrogens with one attached hydrogen (secondary N) is 1. The van der Waals surface area contributed by atoms with Gasteiger partial charge < -0.3 is 19.7 Å². The molecule has 2 heterocycles. The molecule has 31 heavy (non-hydrogen) atoms. The highest BCUT2D eigenvalue weighted by Crippen LogP contribution is 2.15. The molecule has 0 aliphatic carbocycles. The Balaban J connectivity index is 1.39. The van der Waals surface area contributed by atoms with Crippen molar-refractivity contribution in [2.24, 2.45) is 0 Å². The van der Waals surface area contributed by atoms with Gasteiger partial charge in [0.2, 0.25) is 5.91 Å². The number of hydrogen-bond donors (Lipinski definition) is 1. The van der Waals surface area contributed by atoms with Crippen molar-refractivity contribution in [1.29, 1.82) is 0 Å². The van der Waals surface area contributed by atoms with Gasteiger partial charge >= 0.3 is 0 Å². The Hall–Kier alpha value is -2.42. The lowest BCUT2D eigenvalue weighted by atomic mass is 10.1. The molecule has 2 aromatic rings. The monoisotopic (exact) mass is 445 g/mol. The van der Waals surface area contributed by atoms with Gasteiger partial charge in [0, 0.05) is 39.4 Å². The van der Waals surface area contributed by atoms with E-state index in [2.05, 4.69) is 17.3 Å². The van der Waals surface area contributed by atoms with Crippen LogP contribution in [0, 0.1) is 0 Å². The average molecular weight is 446 g/mol. The lowest BCUT2D eigenvalue weighted by Crippen LogP contribution is -2.38. The van der Waals surface area contributed by atoms with Crippen molar-refractivity contribution in [1.82, 2.24) is 15.1 Å². The number of carbonyl (C=O) groups is 2. The first-order valence-corrected chi connectivity index (χ1v) is 11.5. The van der Waals surface area contributed by atoms with Crippen LogP contribution in [0.4, 0.5) is 0 Å². The SMILES string of the molecule is CN(CC(=O)NCc1cccc(OCCN(C)C2CCOCC2)c1)C(=O)c1cccs1. The molecule has 1 aliphatic rings. The molecular formula is C23H31N3O4S. The molecule has 2 amide bonds. The molecule has 0 saturated carbocycles. The number of likely N-dealkylation sites (N-methyl/N-ethyl adjacent to an activating group) is 2. The number of nitrogens with zero attached hydrogens (tertiary/aromatic N) is 2. The summed E-state index contributed by atoms with van der Waals surface area (Å²) in [5.74, 6) is 0.445. The highest BCUT2D eigenvalue weighted by molar-refractivity contribution is 7.12. The fourth-order valence-corrected chi connectivity index (χ4v) is 4.21. The maximum atomic E-state index is 12.2. The number of benzene rings is 1.